The second-order valence-corrected chi connectivity index (χ2v) is 23.2. The van der Waals surface area contributed by atoms with Crippen molar-refractivity contribution >= 4 is 29.6 Å². The fraction of sp³-hybridized carbons (Fsp3) is 1.00. The smallest absolute Gasteiger partial charge is 0.398 e. The van der Waals surface area contributed by atoms with E-state index in [1.807, 2.05) is 0 Å². The van der Waals surface area contributed by atoms with Gasteiger partial charge in [-0.2, -0.15) is 0 Å². The number of halogens is 4. The molecule has 8 unspecified atom stereocenters. The third-order valence-electron chi connectivity index (χ3n) is 18.5. The fourth-order valence-electron chi connectivity index (χ4n) is 10.9. The lowest BCUT2D eigenvalue weighted by molar-refractivity contribution is 0.184. The molecule has 0 spiro atoms. The third-order valence-corrected chi connectivity index (χ3v) is 18.5. The van der Waals surface area contributed by atoms with Crippen LogP contribution in [0.5, 0.6) is 0 Å². The molecule has 0 aromatic heterocycles. The second-order valence-electron chi connectivity index (χ2n) is 23.2. The molecule has 8 rings (SSSR count). The van der Waals surface area contributed by atoms with Crippen molar-refractivity contribution in [1.82, 2.24) is 78.4 Å². The monoisotopic (exact) mass is 1280 g/mol. The highest BCUT2D eigenvalue weighted by Gasteiger charge is 2.28. The number of hydrogen-bond acceptors (Lipinski definition) is 24. The second kappa shape index (κ2) is 54.3. The molecule has 24 nitrogen and oxygen atoms in total. The number of rotatable bonds is 8. The highest BCUT2D eigenvalue weighted by molar-refractivity contribution is 6.32. The van der Waals surface area contributed by atoms with Crippen LogP contribution < -0.4 is 0 Å². The van der Waals surface area contributed by atoms with Crippen molar-refractivity contribution in [2.45, 2.75) is 160 Å². The zero-order valence-corrected chi connectivity index (χ0v) is 60.1. The molecule has 8 fully saturated rings. The van der Waals surface area contributed by atoms with Crippen molar-refractivity contribution in [2.75, 3.05) is 213 Å². The first kappa shape index (κ1) is 93.4. The van der Waals surface area contributed by atoms with Gasteiger partial charge in [-0.05, 0) is 164 Å². The number of nitrogens with zero attached hydrogens (tertiary/aromatic N) is 16. The Morgan fingerprint density at radius 2 is 0.284 bits per heavy atom. The van der Waals surface area contributed by atoms with Crippen molar-refractivity contribution in [3.05, 3.63) is 0 Å². The highest BCUT2D eigenvalue weighted by atomic mass is 19.1. The SMILES string of the molecule is CCN1CCN(C)C1C.CCN1CCN(C)C1C.CCN1CCN(C)C1C.CCN1CCN(C)C1C.CCN1CCN(C)C1C.CCN1CCN(C)C1C.CCN1CCN(C)C1C.CCN1CCN(C)C1C.OB(O)F.OB(O)F.OB(O)F.OB(O)F. The van der Waals surface area contributed by atoms with Crippen molar-refractivity contribution < 1.29 is 57.5 Å². The van der Waals surface area contributed by atoms with E-state index < -0.39 is 29.6 Å². The van der Waals surface area contributed by atoms with Gasteiger partial charge in [-0.15, -0.1) is 0 Å². The van der Waals surface area contributed by atoms with Gasteiger partial charge in [0.05, 0.1) is 49.3 Å². The Hall–Kier alpha value is -0.980. The molecule has 8 saturated heterocycles. The lowest BCUT2D eigenvalue weighted by Gasteiger charge is -2.22. The maximum Gasteiger partial charge on any atom is 0.674 e. The summed E-state index contributed by atoms with van der Waals surface area (Å²) in [6, 6.07) is 0. The quantitative estimate of drug-likeness (QED) is 0.123. The van der Waals surface area contributed by atoms with Crippen molar-refractivity contribution in [1.29, 1.82) is 0 Å². The first-order valence-corrected chi connectivity index (χ1v) is 32.5. The fourth-order valence-corrected chi connectivity index (χ4v) is 10.9. The van der Waals surface area contributed by atoms with Crippen molar-refractivity contribution in [3.63, 3.8) is 0 Å². The molecular weight excluding hydrogens is 1140 g/mol. The van der Waals surface area contributed by atoms with Gasteiger partial charge in [-0.25, -0.2) is 0 Å². The average Bonchev–Trinajstić information content (AvgIpc) is 4.39. The van der Waals surface area contributed by atoms with Gasteiger partial charge in [0.15, 0.2) is 0 Å². The van der Waals surface area contributed by atoms with Gasteiger partial charge < -0.3 is 40.2 Å². The molecule has 0 amide bonds. The maximum atomic E-state index is 10.1. The Morgan fingerprint density at radius 3 is 0.307 bits per heavy atom. The predicted octanol–water partition coefficient (Wildman–Crippen LogP) is 0.499. The van der Waals surface area contributed by atoms with Gasteiger partial charge in [0.2, 0.25) is 0 Å². The van der Waals surface area contributed by atoms with E-state index in [4.69, 9.17) is 40.2 Å². The van der Waals surface area contributed by atoms with Crippen molar-refractivity contribution in [2.24, 2.45) is 0 Å². The molecule has 0 aromatic carbocycles. The predicted molar refractivity (Wildman–Crippen MR) is 360 cm³/mol. The van der Waals surface area contributed by atoms with Crippen LogP contribution in [0, 0.1) is 0 Å². The molecule has 32 heteroatoms. The first-order chi connectivity index (χ1) is 41.0. The van der Waals surface area contributed by atoms with Crippen LogP contribution in [0.3, 0.4) is 0 Å². The molecule has 0 aromatic rings. The summed E-state index contributed by atoms with van der Waals surface area (Å²) in [7, 11) is 6.78. The topological polar surface area (TPSA) is 214 Å². The summed E-state index contributed by atoms with van der Waals surface area (Å²) in [6.45, 7) is 65.1. The molecule has 0 saturated carbocycles. The van der Waals surface area contributed by atoms with E-state index in [9.17, 15) is 17.3 Å². The Kier molecular flexibility index (Phi) is 57.6. The number of hydrogen-bond donors (Lipinski definition) is 8. The summed E-state index contributed by atoms with van der Waals surface area (Å²) in [6.07, 6.45) is 5.30. The van der Waals surface area contributed by atoms with Gasteiger partial charge in [0.1, 0.15) is 0 Å². The Morgan fingerprint density at radius 1 is 0.216 bits per heavy atom. The Balaban J connectivity index is -0.000000443. The minimum atomic E-state index is -2.67. The molecule has 8 aliphatic rings. The molecule has 8 aliphatic heterocycles. The zero-order chi connectivity index (χ0) is 69.1. The summed E-state index contributed by atoms with van der Waals surface area (Å²) in [4.78, 5) is 38.8. The van der Waals surface area contributed by atoms with Crippen LogP contribution in [0.4, 0.5) is 17.3 Å². The number of likely N-dealkylation sites (N-methyl/N-ethyl adjacent to an activating group) is 16. The normalized spacial score (nSPS) is 27.1. The minimum absolute atomic E-state index is 0.662. The molecule has 0 radical (unpaired) electrons. The molecule has 8 heterocycles. The molecule has 8 N–H and O–H groups in total. The molecule has 0 aliphatic carbocycles. The molecule has 528 valence electrons. The third kappa shape index (κ3) is 42.4. The van der Waals surface area contributed by atoms with Crippen LogP contribution in [0.1, 0.15) is 111 Å². The maximum absolute atomic E-state index is 10.1. The summed E-state index contributed by atoms with van der Waals surface area (Å²) >= 11 is 0. The molecule has 8 atom stereocenters. The molecule has 0 bridgehead atoms. The van der Waals surface area contributed by atoms with E-state index >= 15 is 0 Å². The van der Waals surface area contributed by atoms with E-state index in [0.29, 0.717) is 49.3 Å². The van der Waals surface area contributed by atoms with Crippen LogP contribution >= 0.6 is 0 Å². The first-order valence-electron chi connectivity index (χ1n) is 32.5. The summed E-state index contributed by atoms with van der Waals surface area (Å²) in [5.41, 5.74) is 0. The summed E-state index contributed by atoms with van der Waals surface area (Å²) in [5.74, 6) is 0. The van der Waals surface area contributed by atoms with Crippen LogP contribution in [-0.2, 0) is 0 Å². The lowest BCUT2D eigenvalue weighted by Crippen LogP contribution is -2.33. The minimum Gasteiger partial charge on any atom is -0.398 e. The Labute approximate surface area is 537 Å². The molecular formula is C56H136B4F4N16O8. The zero-order valence-electron chi connectivity index (χ0n) is 60.1. The van der Waals surface area contributed by atoms with Gasteiger partial charge >= 0.3 is 29.6 Å². The van der Waals surface area contributed by atoms with E-state index in [1.165, 1.54) is 157 Å². The van der Waals surface area contributed by atoms with E-state index in [-0.39, 0.29) is 0 Å². The van der Waals surface area contributed by atoms with Crippen LogP contribution in [0.15, 0.2) is 0 Å². The highest BCUT2D eigenvalue weighted by Crippen LogP contribution is 2.15. The standard InChI is InChI=1S/8C7H16N2.4BFH2O2/c8*1-4-9-6-5-8(3)7(9)2;4*2-1(3)4/h8*7H,4-6H2,1-3H3;4*3-4H. The largest absolute Gasteiger partial charge is 0.674 e. The van der Waals surface area contributed by atoms with Crippen LogP contribution in [0.25, 0.3) is 0 Å². The lowest BCUT2D eigenvalue weighted by atomic mass is 10.3. The van der Waals surface area contributed by atoms with Crippen LogP contribution in [-0.4, -0.2) is 411 Å². The van der Waals surface area contributed by atoms with Crippen molar-refractivity contribution in [3.8, 4) is 0 Å². The Bertz CT molecular complexity index is 1270. The van der Waals surface area contributed by atoms with E-state index in [1.54, 1.807) is 0 Å². The van der Waals surface area contributed by atoms with Gasteiger partial charge in [-0.1, -0.05) is 55.4 Å². The summed E-state index contributed by atoms with van der Waals surface area (Å²) in [5, 5.41) is 55.6. The van der Waals surface area contributed by atoms with Gasteiger partial charge in [0.25, 0.3) is 0 Å². The van der Waals surface area contributed by atoms with E-state index in [0.717, 1.165) is 0 Å². The van der Waals surface area contributed by atoms with E-state index in [2.05, 4.69) is 246 Å². The van der Waals surface area contributed by atoms with Crippen LogP contribution in [0.2, 0.25) is 0 Å². The molecule has 88 heavy (non-hydrogen) atoms. The average molecular weight is 1280 g/mol. The summed E-state index contributed by atoms with van der Waals surface area (Å²) < 4.78 is 40.4. The van der Waals surface area contributed by atoms with Gasteiger partial charge in [-0.3, -0.25) is 95.7 Å². The van der Waals surface area contributed by atoms with Gasteiger partial charge in [0, 0.05) is 105 Å².